The molecule has 0 aliphatic carbocycles. The van der Waals surface area contributed by atoms with Gasteiger partial charge in [-0.2, -0.15) is 0 Å². The molecule has 0 spiro atoms. The minimum absolute atomic E-state index is 0.365. The predicted molar refractivity (Wildman–Crippen MR) is 82.3 cm³/mol. The Labute approximate surface area is 126 Å². The molecule has 3 rings (SSSR count). The number of para-hydroxylation sites is 1. The zero-order valence-corrected chi connectivity index (χ0v) is 11.8. The second-order valence-electron chi connectivity index (χ2n) is 4.69. The van der Waals surface area contributed by atoms with Gasteiger partial charge < -0.3 is 0 Å². The number of pyridine rings is 1. The van der Waals surface area contributed by atoms with E-state index in [-0.39, 0.29) is 5.82 Å². The number of benzene rings is 2. The van der Waals surface area contributed by atoms with Gasteiger partial charge in [0, 0.05) is 27.7 Å². The van der Waals surface area contributed by atoms with Crippen molar-refractivity contribution in [2.45, 2.75) is 6.04 Å². The van der Waals surface area contributed by atoms with Crippen LogP contribution in [0.1, 0.15) is 17.2 Å². The van der Waals surface area contributed by atoms with Gasteiger partial charge in [0.05, 0.1) is 11.6 Å². The molecule has 3 nitrogen and oxygen atoms in total. The summed E-state index contributed by atoms with van der Waals surface area (Å²) >= 11 is 5.97. The lowest BCUT2D eigenvalue weighted by molar-refractivity contribution is 0.561. The molecule has 0 radical (unpaired) electrons. The van der Waals surface area contributed by atoms with Crippen molar-refractivity contribution in [3.05, 3.63) is 76.7 Å². The Kier molecular flexibility index (Phi) is 3.84. The van der Waals surface area contributed by atoms with Gasteiger partial charge in [0.25, 0.3) is 0 Å². The van der Waals surface area contributed by atoms with E-state index in [9.17, 15) is 4.39 Å². The molecule has 1 aromatic heterocycles. The number of hydrogen-bond acceptors (Lipinski definition) is 3. The van der Waals surface area contributed by atoms with E-state index in [0.717, 1.165) is 16.5 Å². The number of aromatic nitrogens is 1. The summed E-state index contributed by atoms with van der Waals surface area (Å²) in [5.41, 5.74) is 4.63. The number of hydrazine groups is 1. The second kappa shape index (κ2) is 5.77. The highest BCUT2D eigenvalue weighted by Crippen LogP contribution is 2.30. The molecule has 0 saturated heterocycles. The summed E-state index contributed by atoms with van der Waals surface area (Å²) in [7, 11) is 0. The molecule has 1 unspecified atom stereocenters. The Morgan fingerprint density at radius 3 is 2.71 bits per heavy atom. The van der Waals surface area contributed by atoms with Crippen LogP contribution in [0, 0.1) is 5.82 Å². The Hall–Kier alpha value is -2.01. The number of hydrogen-bond donors (Lipinski definition) is 2. The van der Waals surface area contributed by atoms with Gasteiger partial charge in [0.1, 0.15) is 5.82 Å². The Balaban J connectivity index is 2.21. The standard InChI is InChI=1S/C16H13ClFN3/c17-11-6-7-14(18)13(9-11)16(21-19)12-5-1-3-10-4-2-8-20-15(10)12/h1-9,16,21H,19H2. The molecule has 21 heavy (non-hydrogen) atoms. The van der Waals surface area contributed by atoms with E-state index in [1.165, 1.54) is 12.1 Å². The molecule has 0 aliphatic rings. The first-order valence-electron chi connectivity index (χ1n) is 6.45. The zero-order valence-electron chi connectivity index (χ0n) is 11.1. The van der Waals surface area contributed by atoms with Crippen LogP contribution in [0.2, 0.25) is 5.02 Å². The van der Waals surface area contributed by atoms with Crippen LogP contribution in [-0.4, -0.2) is 4.98 Å². The molecule has 0 fully saturated rings. The highest BCUT2D eigenvalue weighted by molar-refractivity contribution is 6.30. The van der Waals surface area contributed by atoms with Crippen LogP contribution in [0.15, 0.2) is 54.7 Å². The molecule has 5 heteroatoms. The smallest absolute Gasteiger partial charge is 0.128 e. The first-order chi connectivity index (χ1) is 10.2. The normalized spacial score (nSPS) is 12.5. The summed E-state index contributed by atoms with van der Waals surface area (Å²) in [6.45, 7) is 0. The third-order valence-electron chi connectivity index (χ3n) is 3.41. The highest BCUT2D eigenvalue weighted by Gasteiger charge is 2.19. The van der Waals surface area contributed by atoms with Crippen LogP contribution in [0.5, 0.6) is 0 Å². The quantitative estimate of drug-likeness (QED) is 0.574. The number of nitrogens with two attached hydrogens (primary N) is 1. The van der Waals surface area contributed by atoms with E-state index in [1.54, 1.807) is 12.3 Å². The molecule has 1 heterocycles. The van der Waals surface area contributed by atoms with Gasteiger partial charge in [-0.15, -0.1) is 0 Å². The molecule has 106 valence electrons. The highest BCUT2D eigenvalue weighted by atomic mass is 35.5. The van der Waals surface area contributed by atoms with Crippen LogP contribution in [0.4, 0.5) is 4.39 Å². The maximum atomic E-state index is 14.1. The van der Waals surface area contributed by atoms with Crippen LogP contribution >= 0.6 is 11.6 Å². The van der Waals surface area contributed by atoms with Crippen molar-refractivity contribution in [2.75, 3.05) is 0 Å². The van der Waals surface area contributed by atoms with Crippen molar-refractivity contribution in [2.24, 2.45) is 5.84 Å². The topological polar surface area (TPSA) is 50.9 Å². The lowest BCUT2D eigenvalue weighted by Gasteiger charge is -2.19. The summed E-state index contributed by atoms with van der Waals surface area (Å²) in [4.78, 5) is 4.38. The molecule has 0 saturated carbocycles. The van der Waals surface area contributed by atoms with Gasteiger partial charge in [-0.25, -0.2) is 9.82 Å². The van der Waals surface area contributed by atoms with Crippen LogP contribution in [0.25, 0.3) is 10.9 Å². The van der Waals surface area contributed by atoms with E-state index in [4.69, 9.17) is 17.4 Å². The Bertz CT molecular complexity index is 786. The molecule has 1 atom stereocenters. The Morgan fingerprint density at radius 1 is 1.10 bits per heavy atom. The SMILES string of the molecule is NNC(c1cc(Cl)ccc1F)c1cccc2cccnc12. The second-order valence-corrected chi connectivity index (χ2v) is 5.12. The minimum atomic E-state index is -0.526. The third kappa shape index (κ3) is 2.61. The van der Waals surface area contributed by atoms with Crippen molar-refractivity contribution in [1.29, 1.82) is 0 Å². The fourth-order valence-corrected chi connectivity index (χ4v) is 2.62. The number of halogens is 2. The molecule has 3 N–H and O–H groups in total. The van der Waals surface area contributed by atoms with Crippen molar-refractivity contribution < 1.29 is 4.39 Å². The number of nitrogens with zero attached hydrogens (tertiary/aromatic N) is 1. The van der Waals surface area contributed by atoms with E-state index < -0.39 is 6.04 Å². The number of fused-ring (bicyclic) bond motifs is 1. The lowest BCUT2D eigenvalue weighted by atomic mass is 9.96. The summed E-state index contributed by atoms with van der Waals surface area (Å²) < 4.78 is 14.1. The van der Waals surface area contributed by atoms with Crippen molar-refractivity contribution in [3.8, 4) is 0 Å². The zero-order chi connectivity index (χ0) is 14.8. The maximum absolute atomic E-state index is 14.1. The van der Waals surface area contributed by atoms with Gasteiger partial charge in [-0.3, -0.25) is 10.8 Å². The van der Waals surface area contributed by atoms with Crippen LogP contribution < -0.4 is 11.3 Å². The fourth-order valence-electron chi connectivity index (χ4n) is 2.44. The molecule has 0 amide bonds. The van der Waals surface area contributed by atoms with Crippen molar-refractivity contribution >= 4 is 22.5 Å². The Morgan fingerprint density at radius 2 is 1.90 bits per heavy atom. The van der Waals surface area contributed by atoms with Gasteiger partial charge in [0.15, 0.2) is 0 Å². The third-order valence-corrected chi connectivity index (χ3v) is 3.65. The van der Waals surface area contributed by atoms with Gasteiger partial charge >= 0.3 is 0 Å². The van der Waals surface area contributed by atoms with E-state index in [2.05, 4.69) is 10.4 Å². The first-order valence-corrected chi connectivity index (χ1v) is 6.83. The minimum Gasteiger partial charge on any atom is -0.271 e. The van der Waals surface area contributed by atoms with E-state index in [1.807, 2.05) is 30.3 Å². The number of rotatable bonds is 3. The van der Waals surface area contributed by atoms with E-state index in [0.29, 0.717) is 10.6 Å². The van der Waals surface area contributed by atoms with Crippen molar-refractivity contribution in [3.63, 3.8) is 0 Å². The molecule has 3 aromatic rings. The molecular weight excluding hydrogens is 289 g/mol. The average molecular weight is 302 g/mol. The van der Waals surface area contributed by atoms with E-state index >= 15 is 0 Å². The predicted octanol–water partition coefficient (Wildman–Crippen LogP) is 3.58. The molecule has 2 aromatic carbocycles. The van der Waals surface area contributed by atoms with Crippen LogP contribution in [0.3, 0.4) is 0 Å². The molecule has 0 aliphatic heterocycles. The lowest BCUT2D eigenvalue weighted by Crippen LogP contribution is -2.29. The summed E-state index contributed by atoms with van der Waals surface area (Å²) in [6.07, 6.45) is 1.70. The van der Waals surface area contributed by atoms with Crippen LogP contribution in [-0.2, 0) is 0 Å². The summed E-state index contributed by atoms with van der Waals surface area (Å²) in [6, 6.07) is 13.4. The number of nitrogens with one attached hydrogen (secondary N) is 1. The largest absolute Gasteiger partial charge is 0.271 e. The average Bonchev–Trinajstić information content (AvgIpc) is 2.51. The van der Waals surface area contributed by atoms with Crippen molar-refractivity contribution in [1.82, 2.24) is 10.4 Å². The van der Waals surface area contributed by atoms with Gasteiger partial charge in [-0.1, -0.05) is 35.9 Å². The van der Waals surface area contributed by atoms with Gasteiger partial charge in [0.2, 0.25) is 0 Å². The summed E-state index contributed by atoms with van der Waals surface area (Å²) in [5, 5.41) is 1.43. The molecular formula is C16H13ClFN3. The first kappa shape index (κ1) is 13.9. The fraction of sp³-hybridized carbons (Fsp3) is 0.0625. The maximum Gasteiger partial charge on any atom is 0.128 e. The summed E-state index contributed by atoms with van der Waals surface area (Å²) in [5.74, 6) is 5.29. The molecule has 0 bridgehead atoms. The van der Waals surface area contributed by atoms with Gasteiger partial charge in [-0.05, 0) is 24.3 Å². The monoisotopic (exact) mass is 301 g/mol.